The summed E-state index contributed by atoms with van der Waals surface area (Å²) in [4.78, 5) is 12.2. The Hall–Kier alpha value is -1.51. The number of rotatable bonds is 9. The van der Waals surface area contributed by atoms with E-state index in [1.54, 1.807) is 24.3 Å². The van der Waals surface area contributed by atoms with Crippen LogP contribution in [0.2, 0.25) is 0 Å². The average Bonchev–Trinajstić information content (AvgIpc) is 2.41. The number of anilines is 1. The minimum absolute atomic E-state index is 0.0305. The van der Waals surface area contributed by atoms with Crippen LogP contribution in [-0.4, -0.2) is 43.5 Å². The topological polar surface area (TPSA) is 107 Å². The molecule has 8 heteroatoms. The number of hydrogen-bond acceptors (Lipinski definition) is 6. The first-order valence-electron chi connectivity index (χ1n) is 6.20. The molecule has 0 aliphatic carbocycles. The van der Waals surface area contributed by atoms with Crippen LogP contribution in [0.1, 0.15) is 12.8 Å². The van der Waals surface area contributed by atoms with Crippen LogP contribution in [0, 0.1) is 4.91 Å². The third-order valence-corrected chi connectivity index (χ3v) is 3.54. The highest BCUT2D eigenvalue weighted by Gasteiger charge is 2.09. The highest BCUT2D eigenvalue weighted by atomic mass is 32.2. The summed E-state index contributed by atoms with van der Waals surface area (Å²) in [5.74, 6) is -0.309. The summed E-state index contributed by atoms with van der Waals surface area (Å²) in [5.41, 5.74) is 1.12. The van der Waals surface area contributed by atoms with Crippen LogP contribution in [0.5, 0.6) is 0 Å². The van der Waals surface area contributed by atoms with Gasteiger partial charge < -0.3 is 10.0 Å². The fourth-order valence-corrected chi connectivity index (χ4v) is 2.29. The van der Waals surface area contributed by atoms with Gasteiger partial charge in [0.05, 0.1) is 5.75 Å². The summed E-state index contributed by atoms with van der Waals surface area (Å²) in [6, 6.07) is 6.55. The van der Waals surface area contributed by atoms with Gasteiger partial charge in [0.2, 0.25) is 0 Å². The van der Waals surface area contributed by atoms with Gasteiger partial charge in [-0.25, -0.2) is 0 Å². The predicted octanol–water partition coefficient (Wildman–Crippen LogP) is 1.55. The average molecular weight is 302 g/mol. The second-order valence-corrected chi connectivity index (χ2v) is 5.88. The number of aliphatic hydroxyl groups excluding tert-OH is 1. The molecule has 0 heterocycles. The molecule has 0 amide bonds. The summed E-state index contributed by atoms with van der Waals surface area (Å²) < 4.78 is 30.1. The number of benzene rings is 1. The van der Waals surface area contributed by atoms with E-state index in [-0.39, 0.29) is 18.8 Å². The zero-order valence-corrected chi connectivity index (χ0v) is 11.8. The lowest BCUT2D eigenvalue weighted by molar-refractivity contribution is 0.289. The van der Waals surface area contributed by atoms with E-state index in [2.05, 4.69) is 5.18 Å². The molecular weight excluding hydrogens is 284 g/mol. The van der Waals surface area contributed by atoms with Crippen molar-refractivity contribution in [3.8, 4) is 0 Å². The molecule has 0 saturated heterocycles. The Balaban J connectivity index is 2.68. The fraction of sp³-hybridized carbons (Fsp3) is 0.500. The van der Waals surface area contributed by atoms with Gasteiger partial charge in [0.25, 0.3) is 10.1 Å². The molecule has 1 aromatic rings. The van der Waals surface area contributed by atoms with Gasteiger partial charge in [0.15, 0.2) is 0 Å². The number of nitrogens with zero attached hydrogens (tertiary/aromatic N) is 2. The highest BCUT2D eigenvalue weighted by Crippen LogP contribution is 2.20. The molecule has 0 aliphatic heterocycles. The predicted molar refractivity (Wildman–Crippen MR) is 76.8 cm³/mol. The Labute approximate surface area is 117 Å². The Bertz CT molecular complexity index is 515. The molecule has 0 aromatic heterocycles. The third kappa shape index (κ3) is 6.09. The Morgan fingerprint density at radius 3 is 2.20 bits per heavy atom. The van der Waals surface area contributed by atoms with Gasteiger partial charge in [-0.05, 0) is 42.3 Å². The standard InChI is InChI=1S/C12H18N2O5S/c15-9-1-7-14(8-2-10-20(17,18)19)12-5-3-11(13-16)4-6-12/h3-6,15H,1-2,7-10H2,(H,17,18,19). The zero-order chi connectivity index (χ0) is 15.0. The smallest absolute Gasteiger partial charge is 0.264 e. The van der Waals surface area contributed by atoms with Crippen molar-refractivity contribution >= 4 is 21.5 Å². The monoisotopic (exact) mass is 302 g/mol. The van der Waals surface area contributed by atoms with Crippen LogP contribution in [0.4, 0.5) is 11.4 Å². The molecule has 1 aromatic carbocycles. The SMILES string of the molecule is O=Nc1ccc(N(CCCO)CCCS(=O)(=O)O)cc1. The Kier molecular flexibility index (Phi) is 6.56. The van der Waals surface area contributed by atoms with Crippen molar-refractivity contribution in [3.05, 3.63) is 29.2 Å². The molecule has 0 unspecified atom stereocenters. The molecule has 0 bridgehead atoms. The van der Waals surface area contributed by atoms with E-state index in [4.69, 9.17) is 9.66 Å². The van der Waals surface area contributed by atoms with E-state index in [0.29, 0.717) is 25.2 Å². The van der Waals surface area contributed by atoms with Gasteiger partial charge in [-0.3, -0.25) is 4.55 Å². The van der Waals surface area contributed by atoms with Crippen LogP contribution in [0.15, 0.2) is 29.4 Å². The summed E-state index contributed by atoms with van der Waals surface area (Å²) in [7, 11) is -3.97. The lowest BCUT2D eigenvalue weighted by atomic mass is 10.2. The second kappa shape index (κ2) is 7.93. The molecule has 20 heavy (non-hydrogen) atoms. The molecule has 0 aliphatic rings. The van der Waals surface area contributed by atoms with Crippen LogP contribution >= 0.6 is 0 Å². The summed E-state index contributed by atoms with van der Waals surface area (Å²) in [6.45, 7) is 1.01. The van der Waals surface area contributed by atoms with E-state index in [9.17, 15) is 13.3 Å². The quantitative estimate of drug-likeness (QED) is 0.529. The molecule has 7 nitrogen and oxygen atoms in total. The van der Waals surface area contributed by atoms with E-state index < -0.39 is 10.1 Å². The summed E-state index contributed by atoms with van der Waals surface area (Å²) >= 11 is 0. The van der Waals surface area contributed by atoms with Crippen molar-refractivity contribution in [2.24, 2.45) is 5.18 Å². The van der Waals surface area contributed by atoms with Gasteiger partial charge in [0, 0.05) is 25.4 Å². The Morgan fingerprint density at radius 2 is 1.70 bits per heavy atom. The molecule has 0 spiro atoms. The van der Waals surface area contributed by atoms with Gasteiger partial charge in [-0.15, -0.1) is 4.91 Å². The first-order valence-corrected chi connectivity index (χ1v) is 7.81. The van der Waals surface area contributed by atoms with Gasteiger partial charge in [0.1, 0.15) is 5.69 Å². The minimum Gasteiger partial charge on any atom is -0.396 e. The van der Waals surface area contributed by atoms with E-state index >= 15 is 0 Å². The second-order valence-electron chi connectivity index (χ2n) is 4.31. The maximum Gasteiger partial charge on any atom is 0.264 e. The van der Waals surface area contributed by atoms with E-state index in [1.807, 2.05) is 4.90 Å². The molecule has 0 radical (unpaired) electrons. The van der Waals surface area contributed by atoms with Crippen molar-refractivity contribution in [1.29, 1.82) is 0 Å². The normalized spacial score (nSPS) is 11.3. The number of aliphatic hydroxyl groups is 1. The molecule has 0 fully saturated rings. The lowest BCUT2D eigenvalue weighted by Gasteiger charge is -2.24. The van der Waals surface area contributed by atoms with Crippen LogP contribution in [0.25, 0.3) is 0 Å². The van der Waals surface area contributed by atoms with E-state index in [0.717, 1.165) is 5.69 Å². The maximum absolute atomic E-state index is 10.7. The van der Waals surface area contributed by atoms with Crippen molar-refractivity contribution in [3.63, 3.8) is 0 Å². The molecule has 0 saturated carbocycles. The van der Waals surface area contributed by atoms with Gasteiger partial charge in [-0.1, -0.05) is 0 Å². The molecule has 0 atom stereocenters. The fourth-order valence-electron chi connectivity index (χ4n) is 1.79. The van der Waals surface area contributed by atoms with Crippen molar-refractivity contribution in [2.75, 3.05) is 30.3 Å². The lowest BCUT2D eigenvalue weighted by Crippen LogP contribution is -2.27. The van der Waals surface area contributed by atoms with Crippen LogP contribution < -0.4 is 4.90 Å². The van der Waals surface area contributed by atoms with Gasteiger partial charge >= 0.3 is 0 Å². The number of nitroso groups, excluding NO2 is 1. The Morgan fingerprint density at radius 1 is 1.10 bits per heavy atom. The largest absolute Gasteiger partial charge is 0.396 e. The zero-order valence-electron chi connectivity index (χ0n) is 11.0. The minimum atomic E-state index is -3.97. The highest BCUT2D eigenvalue weighted by molar-refractivity contribution is 7.85. The first-order chi connectivity index (χ1) is 9.46. The molecule has 1 rings (SSSR count). The van der Waals surface area contributed by atoms with Gasteiger partial charge in [-0.2, -0.15) is 8.42 Å². The molecular formula is C12H18N2O5S. The summed E-state index contributed by atoms with van der Waals surface area (Å²) in [6.07, 6.45) is 0.817. The van der Waals surface area contributed by atoms with Crippen molar-refractivity contribution in [2.45, 2.75) is 12.8 Å². The van der Waals surface area contributed by atoms with Crippen LogP contribution in [0.3, 0.4) is 0 Å². The first kappa shape index (κ1) is 16.5. The maximum atomic E-state index is 10.7. The molecule has 112 valence electrons. The summed E-state index contributed by atoms with van der Waals surface area (Å²) in [5, 5.41) is 11.7. The van der Waals surface area contributed by atoms with E-state index in [1.165, 1.54) is 0 Å². The van der Waals surface area contributed by atoms with Crippen LogP contribution in [-0.2, 0) is 10.1 Å². The van der Waals surface area contributed by atoms with Crippen molar-refractivity contribution < 1.29 is 18.1 Å². The molecule has 2 N–H and O–H groups in total. The van der Waals surface area contributed by atoms with Crippen molar-refractivity contribution in [1.82, 2.24) is 0 Å². The number of hydrogen-bond donors (Lipinski definition) is 2. The third-order valence-electron chi connectivity index (χ3n) is 2.74.